The maximum absolute atomic E-state index is 12.6. The lowest BCUT2D eigenvalue weighted by Gasteiger charge is -2.22. The van der Waals surface area contributed by atoms with Gasteiger partial charge in [-0.1, -0.05) is 44.9 Å². The number of carbonyl (C=O) groups is 3. The molecular formula is C19H25NO5. The van der Waals surface area contributed by atoms with Crippen LogP contribution in [-0.4, -0.2) is 27.9 Å². The van der Waals surface area contributed by atoms with E-state index in [1.807, 2.05) is 6.07 Å². The fourth-order valence-electron chi connectivity index (χ4n) is 2.53. The molecule has 0 aliphatic heterocycles. The van der Waals surface area contributed by atoms with E-state index in [4.69, 9.17) is 15.0 Å². The van der Waals surface area contributed by atoms with Crippen LogP contribution < -0.4 is 0 Å². The summed E-state index contributed by atoms with van der Waals surface area (Å²) in [6, 6.07) is 9.22. The van der Waals surface area contributed by atoms with Crippen molar-refractivity contribution in [3.8, 4) is 6.07 Å². The van der Waals surface area contributed by atoms with E-state index in [0.29, 0.717) is 17.5 Å². The number of nitrogens with zero attached hydrogens (tertiary/aromatic N) is 1. The third-order valence-electron chi connectivity index (χ3n) is 3.93. The summed E-state index contributed by atoms with van der Waals surface area (Å²) in [5.74, 6) is -0.853. The van der Waals surface area contributed by atoms with E-state index in [1.165, 1.54) is 6.92 Å². The predicted octanol–water partition coefficient (Wildman–Crippen LogP) is 4.24. The lowest BCUT2D eigenvalue weighted by atomic mass is 9.79. The standard InChI is InChI=1S/C18H23NO2.CH2O3/c1-4-5-6-11-17(21)18(13(2)14(3)20)16-10-8-7-9-15(16)12-19;2-1(3)4/h7-10,13,18H,4-6,11H2,1-3H3;(H2,2,3,4). The van der Waals surface area contributed by atoms with Crippen molar-refractivity contribution in [1.82, 2.24) is 0 Å². The van der Waals surface area contributed by atoms with Crippen LogP contribution in [0.25, 0.3) is 0 Å². The number of hydrogen-bond acceptors (Lipinski definition) is 4. The maximum atomic E-state index is 12.6. The Morgan fingerprint density at radius 3 is 2.20 bits per heavy atom. The van der Waals surface area contributed by atoms with E-state index >= 15 is 0 Å². The minimum absolute atomic E-state index is 0.0171. The first-order valence-corrected chi connectivity index (χ1v) is 8.20. The van der Waals surface area contributed by atoms with Crippen molar-refractivity contribution >= 4 is 17.7 Å². The fraction of sp³-hybridized carbons (Fsp3) is 0.474. The number of hydrogen-bond donors (Lipinski definition) is 2. The maximum Gasteiger partial charge on any atom is 0.503 e. The van der Waals surface area contributed by atoms with Crippen molar-refractivity contribution < 1.29 is 24.6 Å². The fourth-order valence-corrected chi connectivity index (χ4v) is 2.53. The van der Waals surface area contributed by atoms with Gasteiger partial charge < -0.3 is 10.2 Å². The van der Waals surface area contributed by atoms with Crippen molar-refractivity contribution in [2.45, 2.75) is 52.4 Å². The third kappa shape index (κ3) is 8.11. The largest absolute Gasteiger partial charge is 0.503 e. The highest BCUT2D eigenvalue weighted by Gasteiger charge is 2.30. The minimum Gasteiger partial charge on any atom is -0.450 e. The zero-order valence-electron chi connectivity index (χ0n) is 14.9. The lowest BCUT2D eigenvalue weighted by Crippen LogP contribution is -2.25. The summed E-state index contributed by atoms with van der Waals surface area (Å²) in [5.41, 5.74) is 1.17. The second-order valence-corrected chi connectivity index (χ2v) is 5.78. The van der Waals surface area contributed by atoms with Gasteiger partial charge in [0.15, 0.2) is 0 Å². The van der Waals surface area contributed by atoms with Crippen molar-refractivity contribution in [2.75, 3.05) is 0 Å². The Hall–Kier alpha value is -2.68. The molecule has 0 fully saturated rings. The Labute approximate surface area is 148 Å². The molecule has 1 rings (SSSR count). The van der Waals surface area contributed by atoms with Crippen LogP contribution in [0.3, 0.4) is 0 Å². The quantitative estimate of drug-likeness (QED) is 0.680. The number of unbranched alkanes of at least 4 members (excludes halogenated alkanes) is 2. The average Bonchev–Trinajstić information content (AvgIpc) is 2.55. The van der Waals surface area contributed by atoms with Gasteiger partial charge in [0.05, 0.1) is 17.6 Å². The van der Waals surface area contributed by atoms with Crippen LogP contribution >= 0.6 is 0 Å². The van der Waals surface area contributed by atoms with Gasteiger partial charge in [-0.25, -0.2) is 4.79 Å². The summed E-state index contributed by atoms with van der Waals surface area (Å²) in [6.45, 7) is 5.37. The molecule has 2 atom stereocenters. The Balaban J connectivity index is 0.00000129. The summed E-state index contributed by atoms with van der Waals surface area (Å²) in [5, 5.41) is 23.2. The molecule has 1 aromatic rings. The molecule has 0 saturated carbocycles. The van der Waals surface area contributed by atoms with Gasteiger partial charge in [-0.05, 0) is 25.0 Å². The third-order valence-corrected chi connectivity index (χ3v) is 3.93. The Kier molecular flexibility index (Phi) is 10.5. The Morgan fingerprint density at radius 2 is 1.72 bits per heavy atom. The Morgan fingerprint density at radius 1 is 1.16 bits per heavy atom. The normalized spacial score (nSPS) is 12.1. The highest BCUT2D eigenvalue weighted by Crippen LogP contribution is 2.30. The van der Waals surface area contributed by atoms with E-state index in [0.717, 1.165) is 19.3 Å². The number of carboxylic acid groups (broad SMARTS) is 2. The molecule has 1 aromatic carbocycles. The molecule has 2 unspecified atom stereocenters. The minimum atomic E-state index is -1.83. The molecule has 0 heterocycles. The lowest BCUT2D eigenvalue weighted by molar-refractivity contribution is -0.128. The molecule has 6 nitrogen and oxygen atoms in total. The molecule has 25 heavy (non-hydrogen) atoms. The van der Waals surface area contributed by atoms with Crippen LogP contribution in [0.4, 0.5) is 4.79 Å². The van der Waals surface area contributed by atoms with Gasteiger partial charge in [0.1, 0.15) is 11.6 Å². The SMILES string of the molecule is CCCCCC(=O)C(c1ccccc1C#N)C(C)C(C)=O.O=C(O)O. The highest BCUT2D eigenvalue weighted by molar-refractivity contribution is 5.92. The first-order chi connectivity index (χ1) is 11.8. The number of rotatable bonds is 8. The van der Waals surface area contributed by atoms with Crippen molar-refractivity contribution in [1.29, 1.82) is 5.26 Å². The molecule has 0 aliphatic rings. The monoisotopic (exact) mass is 347 g/mol. The highest BCUT2D eigenvalue weighted by atomic mass is 16.6. The first-order valence-electron chi connectivity index (χ1n) is 8.20. The summed E-state index contributed by atoms with van der Waals surface area (Å²) in [6.07, 6.45) is 1.53. The molecule has 0 amide bonds. The van der Waals surface area contributed by atoms with Crippen LogP contribution in [0.15, 0.2) is 24.3 Å². The van der Waals surface area contributed by atoms with Gasteiger partial charge in [0, 0.05) is 12.3 Å². The van der Waals surface area contributed by atoms with Crippen molar-refractivity contribution in [2.24, 2.45) is 5.92 Å². The molecule has 136 valence electrons. The number of benzene rings is 1. The van der Waals surface area contributed by atoms with Crippen LogP contribution in [0.2, 0.25) is 0 Å². The van der Waals surface area contributed by atoms with E-state index < -0.39 is 18.0 Å². The molecule has 0 aromatic heterocycles. The van der Waals surface area contributed by atoms with Gasteiger partial charge in [0.25, 0.3) is 0 Å². The van der Waals surface area contributed by atoms with Gasteiger partial charge >= 0.3 is 6.16 Å². The van der Waals surface area contributed by atoms with Gasteiger partial charge in [-0.15, -0.1) is 0 Å². The zero-order chi connectivity index (χ0) is 19.4. The van der Waals surface area contributed by atoms with Gasteiger partial charge in [-0.3, -0.25) is 9.59 Å². The number of nitriles is 1. The van der Waals surface area contributed by atoms with Crippen molar-refractivity contribution in [3.05, 3.63) is 35.4 Å². The predicted molar refractivity (Wildman–Crippen MR) is 93.5 cm³/mol. The number of carbonyl (C=O) groups excluding carboxylic acids is 2. The summed E-state index contributed by atoms with van der Waals surface area (Å²) in [7, 11) is 0. The second-order valence-electron chi connectivity index (χ2n) is 5.78. The molecule has 0 saturated heterocycles. The van der Waals surface area contributed by atoms with E-state index in [2.05, 4.69) is 13.0 Å². The van der Waals surface area contributed by atoms with Crippen LogP contribution in [0.1, 0.15) is 63.5 Å². The van der Waals surface area contributed by atoms with Crippen LogP contribution in [-0.2, 0) is 9.59 Å². The van der Waals surface area contributed by atoms with Gasteiger partial charge in [0.2, 0.25) is 0 Å². The Bertz CT molecular complexity index is 629. The van der Waals surface area contributed by atoms with E-state index in [1.54, 1.807) is 25.1 Å². The number of Topliss-reactive ketones (excluding diaryl/α,β-unsaturated/α-hetero) is 2. The molecule has 0 aliphatic carbocycles. The smallest absolute Gasteiger partial charge is 0.450 e. The zero-order valence-corrected chi connectivity index (χ0v) is 14.9. The van der Waals surface area contributed by atoms with Crippen molar-refractivity contribution in [3.63, 3.8) is 0 Å². The molecule has 6 heteroatoms. The summed E-state index contributed by atoms with van der Waals surface area (Å²) < 4.78 is 0. The molecule has 0 radical (unpaired) electrons. The van der Waals surface area contributed by atoms with Gasteiger partial charge in [-0.2, -0.15) is 5.26 Å². The summed E-state index contributed by atoms with van der Waals surface area (Å²) in [4.78, 5) is 32.9. The summed E-state index contributed by atoms with van der Waals surface area (Å²) >= 11 is 0. The molecule has 0 bridgehead atoms. The first kappa shape index (κ1) is 22.3. The van der Waals surface area contributed by atoms with E-state index in [-0.39, 0.29) is 11.6 Å². The van der Waals surface area contributed by atoms with Crippen LogP contribution in [0.5, 0.6) is 0 Å². The topological polar surface area (TPSA) is 115 Å². The van der Waals surface area contributed by atoms with Crippen LogP contribution in [0, 0.1) is 17.2 Å². The number of ketones is 2. The second kappa shape index (κ2) is 11.8. The van der Waals surface area contributed by atoms with E-state index in [9.17, 15) is 14.9 Å². The average molecular weight is 347 g/mol. The molecular weight excluding hydrogens is 322 g/mol. The molecule has 2 N–H and O–H groups in total. The molecule has 0 spiro atoms.